The van der Waals surface area contributed by atoms with E-state index in [2.05, 4.69) is 10.2 Å². The number of hydrogen-bond acceptors (Lipinski definition) is 4. The third-order valence-electron chi connectivity index (χ3n) is 2.12. The van der Waals surface area contributed by atoms with Gasteiger partial charge in [-0.1, -0.05) is 0 Å². The van der Waals surface area contributed by atoms with Crippen molar-refractivity contribution in [2.24, 2.45) is 12.8 Å². The van der Waals surface area contributed by atoms with E-state index in [0.29, 0.717) is 5.69 Å². The van der Waals surface area contributed by atoms with E-state index < -0.39 is 0 Å². The molecule has 0 bridgehead atoms. The molecule has 2 N–H and O–H groups in total. The van der Waals surface area contributed by atoms with Crippen molar-refractivity contribution in [3.8, 4) is 0 Å². The molecule has 1 atom stereocenters. The summed E-state index contributed by atoms with van der Waals surface area (Å²) in [5.74, 6) is 0.741. The fraction of sp³-hybridized carbons (Fsp3) is 0.333. The molecule has 14 heavy (non-hydrogen) atoms. The van der Waals surface area contributed by atoms with E-state index in [9.17, 15) is 0 Å². The Kier molecular flexibility index (Phi) is 2.09. The molecule has 0 aliphatic heterocycles. The Hall–Kier alpha value is -1.62. The van der Waals surface area contributed by atoms with Crippen molar-refractivity contribution in [1.29, 1.82) is 0 Å². The molecule has 0 aliphatic carbocycles. The van der Waals surface area contributed by atoms with E-state index >= 15 is 0 Å². The highest BCUT2D eigenvalue weighted by Crippen LogP contribution is 2.21. The van der Waals surface area contributed by atoms with Crippen LogP contribution in [0.25, 0.3) is 0 Å². The van der Waals surface area contributed by atoms with Gasteiger partial charge in [-0.2, -0.15) is 15.0 Å². The minimum Gasteiger partial charge on any atom is -0.467 e. The molecule has 2 aromatic heterocycles. The molecule has 5 heteroatoms. The SMILES string of the molecule is Cc1ccoc1C(N)c1cnn(C)n1. The number of rotatable bonds is 2. The van der Waals surface area contributed by atoms with Crippen LogP contribution in [-0.2, 0) is 7.05 Å². The lowest BCUT2D eigenvalue weighted by Gasteiger charge is -2.05. The molecule has 0 saturated carbocycles. The molecule has 0 aliphatic rings. The molecule has 0 saturated heterocycles. The van der Waals surface area contributed by atoms with Crippen LogP contribution in [-0.4, -0.2) is 15.0 Å². The number of aromatic nitrogens is 3. The first kappa shape index (κ1) is 8.96. The minimum absolute atomic E-state index is 0.335. The fourth-order valence-corrected chi connectivity index (χ4v) is 1.34. The summed E-state index contributed by atoms with van der Waals surface area (Å²) >= 11 is 0. The Morgan fingerprint density at radius 3 is 2.86 bits per heavy atom. The van der Waals surface area contributed by atoms with Gasteiger partial charge in [-0.05, 0) is 18.6 Å². The van der Waals surface area contributed by atoms with Gasteiger partial charge in [0.1, 0.15) is 17.5 Å². The van der Waals surface area contributed by atoms with Crippen molar-refractivity contribution in [3.05, 3.63) is 35.5 Å². The number of nitrogens with zero attached hydrogens (tertiary/aromatic N) is 3. The second-order valence-electron chi connectivity index (χ2n) is 3.20. The maximum atomic E-state index is 5.97. The van der Waals surface area contributed by atoms with Gasteiger partial charge in [0, 0.05) is 7.05 Å². The van der Waals surface area contributed by atoms with Crippen molar-refractivity contribution < 1.29 is 4.42 Å². The molecule has 0 radical (unpaired) electrons. The zero-order valence-electron chi connectivity index (χ0n) is 8.14. The molecular formula is C9H12N4O. The van der Waals surface area contributed by atoms with Gasteiger partial charge in [0.2, 0.25) is 0 Å². The molecule has 0 amide bonds. The van der Waals surface area contributed by atoms with Crippen LogP contribution in [0, 0.1) is 6.92 Å². The highest BCUT2D eigenvalue weighted by atomic mass is 16.3. The highest BCUT2D eigenvalue weighted by molar-refractivity contribution is 5.24. The van der Waals surface area contributed by atoms with Gasteiger partial charge in [0.15, 0.2) is 0 Å². The Morgan fingerprint density at radius 2 is 2.36 bits per heavy atom. The smallest absolute Gasteiger partial charge is 0.129 e. The average Bonchev–Trinajstić information content (AvgIpc) is 2.73. The molecule has 1 unspecified atom stereocenters. The van der Waals surface area contributed by atoms with Crippen molar-refractivity contribution in [2.75, 3.05) is 0 Å². The Bertz CT molecular complexity index is 431. The molecule has 5 nitrogen and oxygen atoms in total. The third kappa shape index (κ3) is 1.42. The summed E-state index contributed by atoms with van der Waals surface area (Å²) in [6.45, 7) is 1.95. The van der Waals surface area contributed by atoms with Crippen LogP contribution in [0.3, 0.4) is 0 Å². The average molecular weight is 192 g/mol. The fourth-order valence-electron chi connectivity index (χ4n) is 1.34. The first-order valence-electron chi connectivity index (χ1n) is 4.34. The van der Waals surface area contributed by atoms with Gasteiger partial charge in [-0.15, -0.1) is 0 Å². The van der Waals surface area contributed by atoms with E-state index in [1.165, 1.54) is 4.80 Å². The van der Waals surface area contributed by atoms with Gasteiger partial charge in [0.25, 0.3) is 0 Å². The summed E-state index contributed by atoms with van der Waals surface area (Å²) in [5, 5.41) is 8.09. The van der Waals surface area contributed by atoms with E-state index in [1.54, 1.807) is 19.5 Å². The Labute approximate surface area is 81.5 Å². The summed E-state index contributed by atoms with van der Waals surface area (Å²) in [4.78, 5) is 1.48. The van der Waals surface area contributed by atoms with Crippen molar-refractivity contribution >= 4 is 0 Å². The van der Waals surface area contributed by atoms with Gasteiger partial charge in [-0.25, -0.2) is 0 Å². The summed E-state index contributed by atoms with van der Waals surface area (Å²) in [7, 11) is 1.76. The minimum atomic E-state index is -0.335. The van der Waals surface area contributed by atoms with Gasteiger partial charge < -0.3 is 10.2 Å². The highest BCUT2D eigenvalue weighted by Gasteiger charge is 2.17. The quantitative estimate of drug-likeness (QED) is 0.762. The van der Waals surface area contributed by atoms with Gasteiger partial charge >= 0.3 is 0 Å². The standard InChI is InChI=1S/C9H12N4O/c1-6-3-4-14-9(6)8(10)7-5-11-13(2)12-7/h3-5,8H,10H2,1-2H3. The molecule has 2 heterocycles. The predicted molar refractivity (Wildman–Crippen MR) is 50.5 cm³/mol. The molecule has 0 spiro atoms. The lowest BCUT2D eigenvalue weighted by Crippen LogP contribution is -2.13. The normalized spacial score (nSPS) is 13.1. The topological polar surface area (TPSA) is 69.9 Å². The predicted octanol–water partition coefficient (Wildman–Crippen LogP) is 0.765. The van der Waals surface area contributed by atoms with E-state index in [1.807, 2.05) is 13.0 Å². The van der Waals surface area contributed by atoms with Gasteiger partial charge in [0.05, 0.1) is 12.5 Å². The molecular weight excluding hydrogens is 180 g/mol. The maximum absolute atomic E-state index is 5.97. The van der Waals surface area contributed by atoms with Crippen LogP contribution in [0.4, 0.5) is 0 Å². The van der Waals surface area contributed by atoms with Crippen LogP contribution in [0.5, 0.6) is 0 Å². The molecule has 2 aromatic rings. The number of nitrogens with two attached hydrogens (primary N) is 1. The van der Waals surface area contributed by atoms with Gasteiger partial charge in [-0.3, -0.25) is 0 Å². The number of hydrogen-bond donors (Lipinski definition) is 1. The van der Waals surface area contributed by atoms with Crippen LogP contribution in [0.1, 0.15) is 23.1 Å². The summed E-state index contributed by atoms with van der Waals surface area (Å²) in [6.07, 6.45) is 3.27. The van der Waals surface area contributed by atoms with E-state index in [-0.39, 0.29) is 6.04 Å². The monoisotopic (exact) mass is 192 g/mol. The second-order valence-corrected chi connectivity index (χ2v) is 3.20. The summed E-state index contributed by atoms with van der Waals surface area (Å²) < 4.78 is 5.29. The lowest BCUT2D eigenvalue weighted by atomic mass is 10.1. The van der Waals surface area contributed by atoms with Crippen LogP contribution in [0.2, 0.25) is 0 Å². The molecule has 2 rings (SSSR count). The third-order valence-corrected chi connectivity index (χ3v) is 2.12. The molecule has 0 aromatic carbocycles. The molecule has 0 fully saturated rings. The number of aryl methyl sites for hydroxylation is 2. The number of furan rings is 1. The first-order valence-corrected chi connectivity index (χ1v) is 4.34. The maximum Gasteiger partial charge on any atom is 0.129 e. The van der Waals surface area contributed by atoms with Crippen molar-refractivity contribution in [2.45, 2.75) is 13.0 Å². The molecule has 74 valence electrons. The zero-order valence-corrected chi connectivity index (χ0v) is 8.14. The Morgan fingerprint density at radius 1 is 1.57 bits per heavy atom. The zero-order chi connectivity index (χ0) is 10.1. The largest absolute Gasteiger partial charge is 0.467 e. The van der Waals surface area contributed by atoms with Crippen molar-refractivity contribution in [1.82, 2.24) is 15.0 Å². The summed E-state index contributed by atoms with van der Waals surface area (Å²) in [5.41, 5.74) is 7.71. The lowest BCUT2D eigenvalue weighted by molar-refractivity contribution is 0.481. The van der Waals surface area contributed by atoms with Crippen LogP contribution in [0.15, 0.2) is 22.9 Å². The second kappa shape index (κ2) is 3.26. The van der Waals surface area contributed by atoms with Crippen molar-refractivity contribution in [3.63, 3.8) is 0 Å². The van der Waals surface area contributed by atoms with Crippen LogP contribution < -0.4 is 5.73 Å². The Balaban J connectivity index is 2.33. The first-order chi connectivity index (χ1) is 6.68. The summed E-state index contributed by atoms with van der Waals surface area (Å²) in [6, 6.07) is 1.55. The van der Waals surface area contributed by atoms with Crippen LogP contribution >= 0.6 is 0 Å². The van der Waals surface area contributed by atoms with E-state index in [0.717, 1.165) is 11.3 Å². The van der Waals surface area contributed by atoms with E-state index in [4.69, 9.17) is 10.2 Å².